The molecule has 152 valence electrons. The topological polar surface area (TPSA) is 99.6 Å². The molecule has 7 heteroatoms. The molecule has 0 aliphatic carbocycles. The third kappa shape index (κ3) is 4.40. The van der Waals surface area contributed by atoms with Crippen molar-refractivity contribution in [3.63, 3.8) is 0 Å². The van der Waals surface area contributed by atoms with Crippen LogP contribution in [0.1, 0.15) is 5.56 Å². The Morgan fingerprint density at radius 3 is 2.58 bits per heavy atom. The number of nitro groups is 1. The summed E-state index contributed by atoms with van der Waals surface area (Å²) in [4.78, 5) is 35.2. The van der Waals surface area contributed by atoms with Crippen molar-refractivity contribution < 1.29 is 18.9 Å². The van der Waals surface area contributed by atoms with Crippen LogP contribution in [0, 0.1) is 10.1 Å². The van der Waals surface area contributed by atoms with Gasteiger partial charge in [0.05, 0.1) is 15.9 Å². The molecule has 4 rings (SSSR count). The van der Waals surface area contributed by atoms with Crippen molar-refractivity contribution in [3.05, 3.63) is 111 Å². The van der Waals surface area contributed by atoms with Crippen LogP contribution in [0.4, 0.5) is 5.69 Å². The Kier molecular flexibility index (Phi) is 5.40. The van der Waals surface area contributed by atoms with Crippen molar-refractivity contribution in [1.82, 2.24) is 0 Å². The van der Waals surface area contributed by atoms with E-state index in [4.69, 9.17) is 9.15 Å². The SMILES string of the molecule is O=C(C=Cc1cccc([N+](=O)[O-])c1)Oc1ccc2c(=O)c(-c3ccccc3)coc2c1. The van der Waals surface area contributed by atoms with Crippen LogP contribution in [0.3, 0.4) is 0 Å². The summed E-state index contributed by atoms with van der Waals surface area (Å²) in [5, 5.41) is 11.2. The van der Waals surface area contributed by atoms with Gasteiger partial charge in [-0.05, 0) is 29.3 Å². The monoisotopic (exact) mass is 413 g/mol. The zero-order valence-electron chi connectivity index (χ0n) is 16.1. The van der Waals surface area contributed by atoms with Crippen LogP contribution in [0.15, 0.2) is 94.3 Å². The van der Waals surface area contributed by atoms with Crippen molar-refractivity contribution in [3.8, 4) is 16.9 Å². The van der Waals surface area contributed by atoms with Crippen LogP contribution in [0.25, 0.3) is 28.2 Å². The average molecular weight is 413 g/mol. The highest BCUT2D eigenvalue weighted by atomic mass is 16.6. The summed E-state index contributed by atoms with van der Waals surface area (Å²) in [7, 11) is 0. The van der Waals surface area contributed by atoms with Gasteiger partial charge in [0, 0.05) is 24.3 Å². The Morgan fingerprint density at radius 2 is 1.81 bits per heavy atom. The molecule has 0 saturated carbocycles. The third-order valence-corrected chi connectivity index (χ3v) is 4.54. The fourth-order valence-electron chi connectivity index (χ4n) is 3.05. The Hall–Kier alpha value is -4.52. The number of ether oxygens (including phenoxy) is 1. The van der Waals surface area contributed by atoms with Crippen molar-refractivity contribution in [2.24, 2.45) is 0 Å². The van der Waals surface area contributed by atoms with Gasteiger partial charge in [-0.1, -0.05) is 42.5 Å². The van der Waals surface area contributed by atoms with Crippen molar-refractivity contribution in [2.45, 2.75) is 0 Å². The van der Waals surface area contributed by atoms with E-state index in [1.54, 1.807) is 12.1 Å². The molecular weight excluding hydrogens is 398 g/mol. The first-order chi connectivity index (χ1) is 15.0. The molecule has 7 nitrogen and oxygen atoms in total. The second kappa shape index (κ2) is 8.46. The van der Waals surface area contributed by atoms with Gasteiger partial charge in [-0.15, -0.1) is 0 Å². The molecule has 0 atom stereocenters. The lowest BCUT2D eigenvalue weighted by Crippen LogP contribution is -2.06. The highest BCUT2D eigenvalue weighted by Crippen LogP contribution is 2.23. The Balaban J connectivity index is 1.54. The van der Waals surface area contributed by atoms with E-state index in [-0.39, 0.29) is 22.4 Å². The smallest absolute Gasteiger partial charge is 0.336 e. The van der Waals surface area contributed by atoms with Gasteiger partial charge in [0.2, 0.25) is 0 Å². The fraction of sp³-hybridized carbons (Fsp3) is 0. The highest BCUT2D eigenvalue weighted by Gasteiger charge is 2.11. The first-order valence-corrected chi connectivity index (χ1v) is 9.26. The van der Waals surface area contributed by atoms with Gasteiger partial charge in [-0.25, -0.2) is 4.79 Å². The average Bonchev–Trinajstić information content (AvgIpc) is 2.79. The molecule has 0 amide bonds. The molecule has 0 spiro atoms. The zero-order valence-corrected chi connectivity index (χ0v) is 16.1. The molecular formula is C24H15NO6. The summed E-state index contributed by atoms with van der Waals surface area (Å²) >= 11 is 0. The minimum Gasteiger partial charge on any atom is -0.463 e. The highest BCUT2D eigenvalue weighted by molar-refractivity contribution is 5.90. The third-order valence-electron chi connectivity index (χ3n) is 4.54. The van der Waals surface area contributed by atoms with E-state index < -0.39 is 10.9 Å². The van der Waals surface area contributed by atoms with E-state index >= 15 is 0 Å². The quantitative estimate of drug-likeness (QED) is 0.150. The summed E-state index contributed by atoms with van der Waals surface area (Å²) in [6.45, 7) is 0. The van der Waals surface area contributed by atoms with Crippen LogP contribution in [-0.2, 0) is 4.79 Å². The number of hydrogen-bond donors (Lipinski definition) is 0. The number of esters is 1. The molecule has 0 unspecified atom stereocenters. The van der Waals surface area contributed by atoms with Gasteiger partial charge in [-0.3, -0.25) is 14.9 Å². The van der Waals surface area contributed by atoms with Crippen LogP contribution in [-0.4, -0.2) is 10.9 Å². The number of nitro benzene ring substituents is 1. The number of hydrogen-bond acceptors (Lipinski definition) is 6. The largest absolute Gasteiger partial charge is 0.463 e. The van der Waals surface area contributed by atoms with Crippen LogP contribution >= 0.6 is 0 Å². The van der Waals surface area contributed by atoms with E-state index in [0.29, 0.717) is 16.5 Å². The molecule has 0 fully saturated rings. The number of non-ortho nitro benzene ring substituents is 1. The molecule has 0 bridgehead atoms. The standard InChI is InChI=1S/C24H15NO6/c26-23(12-9-16-5-4-8-18(13-16)25(28)29)31-19-10-11-20-22(14-19)30-15-21(24(20)27)17-6-2-1-3-7-17/h1-15H. The molecule has 0 saturated heterocycles. The van der Waals surface area contributed by atoms with Crippen molar-refractivity contribution >= 4 is 28.7 Å². The Morgan fingerprint density at radius 1 is 1.00 bits per heavy atom. The number of nitrogens with zero attached hydrogens (tertiary/aromatic N) is 1. The van der Waals surface area contributed by atoms with E-state index in [1.807, 2.05) is 30.3 Å². The van der Waals surface area contributed by atoms with E-state index in [2.05, 4.69) is 0 Å². The summed E-state index contributed by atoms with van der Waals surface area (Å²) in [6.07, 6.45) is 3.97. The molecule has 1 heterocycles. The first kappa shape index (κ1) is 19.8. The lowest BCUT2D eigenvalue weighted by molar-refractivity contribution is -0.384. The maximum absolute atomic E-state index is 12.8. The van der Waals surface area contributed by atoms with E-state index in [1.165, 1.54) is 42.7 Å². The van der Waals surface area contributed by atoms with Gasteiger partial charge >= 0.3 is 5.97 Å². The predicted octanol–water partition coefficient (Wildman–Crippen LogP) is 4.99. The Labute approximate surface area is 176 Å². The molecule has 0 N–H and O–H groups in total. The molecule has 4 aromatic rings. The van der Waals surface area contributed by atoms with Crippen LogP contribution in [0.2, 0.25) is 0 Å². The molecule has 31 heavy (non-hydrogen) atoms. The Bertz CT molecular complexity index is 1370. The van der Waals surface area contributed by atoms with Crippen LogP contribution in [0.5, 0.6) is 5.75 Å². The van der Waals surface area contributed by atoms with Gasteiger partial charge < -0.3 is 9.15 Å². The second-order valence-electron chi connectivity index (χ2n) is 6.61. The normalized spacial score (nSPS) is 11.0. The van der Waals surface area contributed by atoms with Gasteiger partial charge in [0.1, 0.15) is 17.6 Å². The minimum atomic E-state index is -0.672. The predicted molar refractivity (Wildman–Crippen MR) is 116 cm³/mol. The summed E-state index contributed by atoms with van der Waals surface area (Å²) in [6, 6.07) is 19.6. The summed E-state index contributed by atoms with van der Waals surface area (Å²) in [5.41, 5.74) is 1.71. The number of carbonyl (C=O) groups excluding carboxylic acids is 1. The zero-order chi connectivity index (χ0) is 21.8. The maximum atomic E-state index is 12.8. The number of benzene rings is 3. The molecule has 0 aliphatic heterocycles. The minimum absolute atomic E-state index is 0.0741. The van der Waals surface area contributed by atoms with Crippen LogP contribution < -0.4 is 10.2 Å². The summed E-state index contributed by atoms with van der Waals surface area (Å²) in [5.74, 6) is -0.467. The maximum Gasteiger partial charge on any atom is 0.336 e. The van der Waals surface area contributed by atoms with Crippen molar-refractivity contribution in [1.29, 1.82) is 0 Å². The lowest BCUT2D eigenvalue weighted by atomic mass is 10.1. The van der Waals surface area contributed by atoms with Gasteiger partial charge in [0.25, 0.3) is 5.69 Å². The molecule has 3 aromatic carbocycles. The molecule has 0 aliphatic rings. The van der Waals surface area contributed by atoms with Gasteiger partial charge in [-0.2, -0.15) is 0 Å². The fourth-order valence-corrected chi connectivity index (χ4v) is 3.05. The molecule has 0 radical (unpaired) electrons. The van der Waals surface area contributed by atoms with Gasteiger partial charge in [0.15, 0.2) is 5.43 Å². The molecule has 1 aromatic heterocycles. The lowest BCUT2D eigenvalue weighted by Gasteiger charge is -2.05. The summed E-state index contributed by atoms with van der Waals surface area (Å²) < 4.78 is 10.8. The number of fused-ring (bicyclic) bond motifs is 1. The van der Waals surface area contributed by atoms with Crippen molar-refractivity contribution in [2.75, 3.05) is 0 Å². The first-order valence-electron chi connectivity index (χ1n) is 9.26. The number of carbonyl (C=O) groups is 1. The van der Waals surface area contributed by atoms with E-state index in [9.17, 15) is 19.7 Å². The number of rotatable bonds is 5. The van der Waals surface area contributed by atoms with E-state index in [0.717, 1.165) is 11.6 Å². The second-order valence-corrected chi connectivity index (χ2v) is 6.61.